The highest BCUT2D eigenvalue weighted by molar-refractivity contribution is 9.10. The van der Waals surface area contributed by atoms with E-state index < -0.39 is 0 Å². The monoisotopic (exact) mass is 301 g/mol. The molecule has 1 saturated heterocycles. The zero-order valence-corrected chi connectivity index (χ0v) is 11.9. The molecular formula is C13H17BrClN. The third-order valence-corrected chi connectivity index (χ3v) is 4.53. The van der Waals surface area contributed by atoms with Gasteiger partial charge in [-0.15, -0.1) is 0 Å². The van der Waals surface area contributed by atoms with Gasteiger partial charge in [0.25, 0.3) is 0 Å². The molecule has 1 atom stereocenters. The maximum atomic E-state index is 5.96. The first-order chi connectivity index (χ1) is 7.65. The van der Waals surface area contributed by atoms with Gasteiger partial charge in [-0.25, -0.2) is 0 Å². The van der Waals surface area contributed by atoms with Crippen molar-refractivity contribution >= 4 is 27.5 Å². The third-order valence-electron chi connectivity index (χ3n) is 3.55. The van der Waals surface area contributed by atoms with E-state index in [2.05, 4.69) is 34.2 Å². The van der Waals surface area contributed by atoms with Gasteiger partial charge in [0.15, 0.2) is 0 Å². The van der Waals surface area contributed by atoms with Gasteiger partial charge in [-0.1, -0.05) is 40.5 Å². The van der Waals surface area contributed by atoms with E-state index in [9.17, 15) is 0 Å². The lowest BCUT2D eigenvalue weighted by atomic mass is 9.87. The van der Waals surface area contributed by atoms with E-state index in [1.54, 1.807) is 0 Å². The Labute approximate surface area is 111 Å². The molecule has 1 aliphatic heterocycles. The van der Waals surface area contributed by atoms with Crippen molar-refractivity contribution in [2.45, 2.75) is 38.1 Å². The Hall–Kier alpha value is -0.0500. The summed E-state index contributed by atoms with van der Waals surface area (Å²) in [5.74, 6) is 0. The molecule has 1 N–H and O–H groups in total. The van der Waals surface area contributed by atoms with E-state index in [4.69, 9.17) is 11.6 Å². The van der Waals surface area contributed by atoms with Crippen LogP contribution in [0.1, 0.15) is 31.7 Å². The van der Waals surface area contributed by atoms with Crippen LogP contribution in [-0.2, 0) is 6.42 Å². The zero-order chi connectivity index (χ0) is 11.6. The second-order valence-electron chi connectivity index (χ2n) is 4.58. The summed E-state index contributed by atoms with van der Waals surface area (Å²) in [6, 6.07) is 6.08. The van der Waals surface area contributed by atoms with Crippen molar-refractivity contribution in [2.75, 3.05) is 6.54 Å². The minimum absolute atomic E-state index is 0.302. The first kappa shape index (κ1) is 12.4. The molecule has 16 heavy (non-hydrogen) atoms. The van der Waals surface area contributed by atoms with Crippen LogP contribution in [-0.4, -0.2) is 12.1 Å². The molecule has 0 amide bonds. The Morgan fingerprint density at radius 2 is 2.31 bits per heavy atom. The summed E-state index contributed by atoms with van der Waals surface area (Å²) in [6.07, 6.45) is 4.83. The van der Waals surface area contributed by atoms with Crippen molar-refractivity contribution in [1.82, 2.24) is 5.32 Å². The molecule has 3 heteroatoms. The largest absolute Gasteiger partial charge is 0.311 e. The molecule has 0 radical (unpaired) electrons. The van der Waals surface area contributed by atoms with Gasteiger partial charge >= 0.3 is 0 Å². The van der Waals surface area contributed by atoms with Gasteiger partial charge in [0.1, 0.15) is 0 Å². The number of hydrogen-bond donors (Lipinski definition) is 1. The van der Waals surface area contributed by atoms with Crippen molar-refractivity contribution in [3.63, 3.8) is 0 Å². The summed E-state index contributed by atoms with van der Waals surface area (Å²) in [6.45, 7) is 3.42. The van der Waals surface area contributed by atoms with Crippen LogP contribution in [0.15, 0.2) is 22.7 Å². The summed E-state index contributed by atoms with van der Waals surface area (Å²) >= 11 is 9.55. The summed E-state index contributed by atoms with van der Waals surface area (Å²) < 4.78 is 1.13. The van der Waals surface area contributed by atoms with Crippen LogP contribution in [0.3, 0.4) is 0 Å². The molecule has 1 aliphatic rings. The molecule has 1 heterocycles. The fourth-order valence-corrected chi connectivity index (χ4v) is 3.30. The van der Waals surface area contributed by atoms with E-state index >= 15 is 0 Å². The summed E-state index contributed by atoms with van der Waals surface area (Å²) in [7, 11) is 0. The van der Waals surface area contributed by atoms with Crippen LogP contribution in [0.2, 0.25) is 5.02 Å². The number of hydrogen-bond acceptors (Lipinski definition) is 1. The fourth-order valence-electron chi connectivity index (χ4n) is 2.48. The molecule has 1 nitrogen and oxygen atoms in total. The van der Waals surface area contributed by atoms with Gasteiger partial charge in [-0.2, -0.15) is 0 Å². The molecule has 1 fully saturated rings. The summed E-state index contributed by atoms with van der Waals surface area (Å²) in [4.78, 5) is 0. The number of benzene rings is 1. The second kappa shape index (κ2) is 5.07. The molecule has 0 aliphatic carbocycles. The van der Waals surface area contributed by atoms with Crippen molar-refractivity contribution in [2.24, 2.45) is 0 Å². The van der Waals surface area contributed by atoms with E-state index in [0.29, 0.717) is 5.54 Å². The summed E-state index contributed by atoms with van der Waals surface area (Å²) in [5, 5.41) is 4.45. The molecule has 2 rings (SSSR count). The summed E-state index contributed by atoms with van der Waals surface area (Å²) in [5.41, 5.74) is 1.65. The zero-order valence-electron chi connectivity index (χ0n) is 9.52. The molecule has 1 unspecified atom stereocenters. The van der Waals surface area contributed by atoms with Crippen LogP contribution in [0.25, 0.3) is 0 Å². The normalized spacial score (nSPS) is 24.9. The quantitative estimate of drug-likeness (QED) is 0.883. The first-order valence-corrected chi connectivity index (χ1v) is 7.01. The Kier molecular flexibility index (Phi) is 3.93. The van der Waals surface area contributed by atoms with Crippen LogP contribution in [0.4, 0.5) is 0 Å². The number of halogens is 2. The number of rotatable bonds is 3. The maximum absolute atomic E-state index is 5.96. The Morgan fingerprint density at radius 1 is 1.50 bits per heavy atom. The third kappa shape index (κ3) is 2.61. The van der Waals surface area contributed by atoms with Gasteiger partial charge in [0.2, 0.25) is 0 Å². The van der Waals surface area contributed by atoms with Crippen LogP contribution < -0.4 is 5.32 Å². The van der Waals surface area contributed by atoms with E-state index in [0.717, 1.165) is 22.5 Å². The van der Waals surface area contributed by atoms with Crippen LogP contribution >= 0.6 is 27.5 Å². The van der Waals surface area contributed by atoms with Crippen molar-refractivity contribution in [1.29, 1.82) is 0 Å². The highest BCUT2D eigenvalue weighted by Crippen LogP contribution is 2.31. The van der Waals surface area contributed by atoms with E-state index in [1.165, 1.54) is 24.8 Å². The average molecular weight is 303 g/mol. The number of nitrogens with one attached hydrogen (secondary N) is 1. The van der Waals surface area contributed by atoms with Crippen LogP contribution in [0.5, 0.6) is 0 Å². The topological polar surface area (TPSA) is 12.0 Å². The maximum Gasteiger partial charge on any atom is 0.0417 e. The fraction of sp³-hybridized carbons (Fsp3) is 0.538. The molecule has 0 saturated carbocycles. The van der Waals surface area contributed by atoms with Gasteiger partial charge in [0, 0.05) is 15.0 Å². The van der Waals surface area contributed by atoms with Crippen molar-refractivity contribution in [3.8, 4) is 0 Å². The lowest BCUT2D eigenvalue weighted by Crippen LogP contribution is -2.41. The lowest BCUT2D eigenvalue weighted by molar-refractivity contribution is 0.359. The molecule has 1 aromatic carbocycles. The average Bonchev–Trinajstić information content (AvgIpc) is 2.72. The van der Waals surface area contributed by atoms with Gasteiger partial charge < -0.3 is 5.32 Å². The lowest BCUT2D eigenvalue weighted by Gasteiger charge is -2.28. The Balaban J connectivity index is 2.19. The van der Waals surface area contributed by atoms with Gasteiger partial charge in [-0.3, -0.25) is 0 Å². The SMILES string of the molecule is CCC1(Cc2ccc(Cl)cc2Br)CCCN1. The molecule has 0 aromatic heterocycles. The molecule has 0 bridgehead atoms. The van der Waals surface area contributed by atoms with Crippen molar-refractivity contribution < 1.29 is 0 Å². The van der Waals surface area contributed by atoms with E-state index in [-0.39, 0.29) is 0 Å². The second-order valence-corrected chi connectivity index (χ2v) is 5.87. The standard InChI is InChI=1S/C13H17BrClN/c1-2-13(6-3-7-16-13)9-10-4-5-11(15)8-12(10)14/h4-5,8,16H,2-3,6-7,9H2,1H3. The highest BCUT2D eigenvalue weighted by Gasteiger charge is 2.31. The van der Waals surface area contributed by atoms with Gasteiger partial charge in [0.05, 0.1) is 0 Å². The van der Waals surface area contributed by atoms with Gasteiger partial charge in [-0.05, 0) is 49.9 Å². The first-order valence-electron chi connectivity index (χ1n) is 5.84. The molecular weight excluding hydrogens is 286 g/mol. The molecule has 1 aromatic rings. The predicted molar refractivity (Wildman–Crippen MR) is 73.1 cm³/mol. The molecule has 88 valence electrons. The minimum atomic E-state index is 0.302. The molecule has 0 spiro atoms. The van der Waals surface area contributed by atoms with E-state index in [1.807, 2.05) is 12.1 Å². The van der Waals surface area contributed by atoms with Crippen LogP contribution in [0, 0.1) is 0 Å². The Bertz CT molecular complexity index is 372. The minimum Gasteiger partial charge on any atom is -0.311 e. The van der Waals surface area contributed by atoms with Crippen molar-refractivity contribution in [3.05, 3.63) is 33.3 Å². The Morgan fingerprint density at radius 3 is 2.88 bits per heavy atom. The highest BCUT2D eigenvalue weighted by atomic mass is 79.9. The smallest absolute Gasteiger partial charge is 0.0417 e. The predicted octanol–water partition coefficient (Wildman–Crippen LogP) is 4.18.